The lowest BCUT2D eigenvalue weighted by atomic mass is 9.99. The maximum absolute atomic E-state index is 4.69. The fraction of sp³-hybridized carbons (Fsp3) is 0.789. The monoisotopic (exact) mass is 493 g/mol. The Kier molecular flexibility index (Phi) is 12.5. The first-order chi connectivity index (χ1) is 12.2. The molecule has 0 aliphatic carbocycles. The van der Waals surface area contributed by atoms with Crippen molar-refractivity contribution in [3.63, 3.8) is 0 Å². The summed E-state index contributed by atoms with van der Waals surface area (Å²) >= 11 is 1.75. The summed E-state index contributed by atoms with van der Waals surface area (Å²) in [5.74, 6) is 1.86. The molecule has 0 saturated carbocycles. The molecule has 1 aliphatic rings. The van der Waals surface area contributed by atoms with Crippen molar-refractivity contribution >= 4 is 41.3 Å². The van der Waals surface area contributed by atoms with Crippen LogP contribution in [0.2, 0.25) is 0 Å². The number of aryl methyl sites for hydroxylation is 2. The Morgan fingerprint density at radius 2 is 2.08 bits per heavy atom. The number of likely N-dealkylation sites (tertiary alicyclic amines) is 1. The number of hydrogen-bond donors (Lipinski definition) is 2. The molecule has 1 aliphatic heterocycles. The van der Waals surface area contributed by atoms with E-state index in [0.717, 1.165) is 50.0 Å². The SMILES string of the molecule is CCNC(=NCCCc1nc(C)cs1)NCCCN1CCC(C)CC1.I. The molecule has 5 nitrogen and oxygen atoms in total. The van der Waals surface area contributed by atoms with E-state index in [2.05, 4.69) is 51.7 Å². The lowest BCUT2D eigenvalue weighted by molar-refractivity contribution is 0.191. The van der Waals surface area contributed by atoms with Gasteiger partial charge in [0.05, 0.1) is 5.01 Å². The first-order valence-corrected chi connectivity index (χ1v) is 10.7. The summed E-state index contributed by atoms with van der Waals surface area (Å²) < 4.78 is 0. The molecule has 0 unspecified atom stereocenters. The highest BCUT2D eigenvalue weighted by molar-refractivity contribution is 14.0. The highest BCUT2D eigenvalue weighted by atomic mass is 127. The summed E-state index contributed by atoms with van der Waals surface area (Å²) in [6, 6.07) is 0. The van der Waals surface area contributed by atoms with Gasteiger partial charge in [0.25, 0.3) is 0 Å². The number of piperidine rings is 1. The van der Waals surface area contributed by atoms with Gasteiger partial charge in [-0.15, -0.1) is 35.3 Å². The van der Waals surface area contributed by atoms with Crippen molar-refractivity contribution in [3.05, 3.63) is 16.1 Å². The number of nitrogens with one attached hydrogen (secondary N) is 2. The number of hydrogen-bond acceptors (Lipinski definition) is 4. The van der Waals surface area contributed by atoms with Crippen molar-refractivity contribution in [2.24, 2.45) is 10.9 Å². The van der Waals surface area contributed by atoms with Gasteiger partial charge in [-0.1, -0.05) is 6.92 Å². The summed E-state index contributed by atoms with van der Waals surface area (Å²) in [5.41, 5.74) is 1.13. The molecule has 0 amide bonds. The van der Waals surface area contributed by atoms with Gasteiger partial charge in [-0.2, -0.15) is 0 Å². The fourth-order valence-electron chi connectivity index (χ4n) is 3.08. The normalized spacial score (nSPS) is 16.3. The Labute approximate surface area is 180 Å². The standard InChI is InChI=1S/C19H35N5S.HI/c1-4-20-19(21-10-5-7-18-23-17(3)15-25-18)22-11-6-12-24-13-8-16(2)9-14-24;/h15-16H,4-14H2,1-3H3,(H2,20,21,22);1H. The Bertz CT molecular complexity index is 512. The summed E-state index contributed by atoms with van der Waals surface area (Å²) in [5, 5.41) is 10.2. The van der Waals surface area contributed by atoms with Crippen LogP contribution in [0, 0.1) is 12.8 Å². The van der Waals surface area contributed by atoms with Gasteiger partial charge in [0.2, 0.25) is 0 Å². The predicted molar refractivity (Wildman–Crippen MR) is 124 cm³/mol. The second kappa shape index (κ2) is 13.7. The zero-order valence-electron chi connectivity index (χ0n) is 16.6. The van der Waals surface area contributed by atoms with E-state index in [-0.39, 0.29) is 24.0 Å². The summed E-state index contributed by atoms with van der Waals surface area (Å²) in [6.07, 6.45) is 5.97. The number of aliphatic imine (C=N–C) groups is 1. The fourth-order valence-corrected chi connectivity index (χ4v) is 3.89. The average molecular weight is 494 g/mol. The molecule has 0 spiro atoms. The van der Waals surface area contributed by atoms with Crippen LogP contribution >= 0.6 is 35.3 Å². The van der Waals surface area contributed by atoms with E-state index in [1.807, 2.05) is 0 Å². The molecule has 0 radical (unpaired) electrons. The van der Waals surface area contributed by atoms with E-state index in [9.17, 15) is 0 Å². The minimum absolute atomic E-state index is 0. The van der Waals surface area contributed by atoms with Gasteiger partial charge in [0, 0.05) is 37.1 Å². The van der Waals surface area contributed by atoms with Crippen molar-refractivity contribution < 1.29 is 0 Å². The highest BCUT2D eigenvalue weighted by Gasteiger charge is 2.14. The molecule has 2 rings (SSSR count). The van der Waals surface area contributed by atoms with Crippen LogP contribution in [0.15, 0.2) is 10.4 Å². The summed E-state index contributed by atoms with van der Waals surface area (Å²) in [4.78, 5) is 11.8. The van der Waals surface area contributed by atoms with Crippen molar-refractivity contribution in [1.82, 2.24) is 20.5 Å². The average Bonchev–Trinajstić information content (AvgIpc) is 3.02. The molecule has 0 atom stereocenters. The lowest BCUT2D eigenvalue weighted by Gasteiger charge is -2.30. The van der Waals surface area contributed by atoms with E-state index >= 15 is 0 Å². The summed E-state index contributed by atoms with van der Waals surface area (Å²) in [6.45, 7) is 13.0. The van der Waals surface area contributed by atoms with Crippen molar-refractivity contribution in [2.75, 3.05) is 39.3 Å². The number of halogens is 1. The topological polar surface area (TPSA) is 52.6 Å². The van der Waals surface area contributed by atoms with Crippen LogP contribution in [0.25, 0.3) is 0 Å². The van der Waals surface area contributed by atoms with Crippen LogP contribution < -0.4 is 10.6 Å². The number of rotatable bonds is 9. The van der Waals surface area contributed by atoms with E-state index in [1.165, 1.54) is 43.9 Å². The third-order valence-corrected chi connectivity index (χ3v) is 5.68. The molecule has 1 aromatic rings. The van der Waals surface area contributed by atoms with Crippen LogP contribution in [-0.4, -0.2) is 55.1 Å². The Hall–Kier alpha value is -0.410. The minimum atomic E-state index is 0. The van der Waals surface area contributed by atoms with E-state index < -0.39 is 0 Å². The van der Waals surface area contributed by atoms with Gasteiger partial charge >= 0.3 is 0 Å². The van der Waals surface area contributed by atoms with Crippen LogP contribution in [-0.2, 0) is 6.42 Å². The van der Waals surface area contributed by atoms with Crippen LogP contribution in [0.4, 0.5) is 0 Å². The molecule has 1 fully saturated rings. The van der Waals surface area contributed by atoms with Gasteiger partial charge in [-0.25, -0.2) is 4.98 Å². The largest absolute Gasteiger partial charge is 0.357 e. The van der Waals surface area contributed by atoms with Crippen LogP contribution in [0.3, 0.4) is 0 Å². The minimum Gasteiger partial charge on any atom is -0.357 e. The second-order valence-electron chi connectivity index (χ2n) is 7.05. The van der Waals surface area contributed by atoms with E-state index in [0.29, 0.717) is 0 Å². The molecular weight excluding hydrogens is 457 g/mol. The zero-order chi connectivity index (χ0) is 17.9. The van der Waals surface area contributed by atoms with Gasteiger partial charge in [-0.3, -0.25) is 4.99 Å². The van der Waals surface area contributed by atoms with Gasteiger partial charge in [0.1, 0.15) is 0 Å². The lowest BCUT2D eigenvalue weighted by Crippen LogP contribution is -2.39. The molecule has 2 heterocycles. The number of nitrogens with zero attached hydrogens (tertiary/aromatic N) is 3. The maximum atomic E-state index is 4.69. The van der Waals surface area contributed by atoms with E-state index in [4.69, 9.17) is 0 Å². The molecule has 26 heavy (non-hydrogen) atoms. The predicted octanol–water partition coefficient (Wildman–Crippen LogP) is 3.68. The molecule has 0 aromatic carbocycles. The van der Waals surface area contributed by atoms with Gasteiger partial charge in [0.15, 0.2) is 5.96 Å². The third-order valence-electron chi connectivity index (χ3n) is 4.65. The summed E-state index contributed by atoms with van der Waals surface area (Å²) in [7, 11) is 0. The molecule has 150 valence electrons. The van der Waals surface area contributed by atoms with Crippen molar-refractivity contribution in [2.45, 2.75) is 52.9 Å². The number of thiazole rings is 1. The van der Waals surface area contributed by atoms with Crippen LogP contribution in [0.1, 0.15) is 50.2 Å². The van der Waals surface area contributed by atoms with Gasteiger partial charge in [-0.05, 0) is 65.1 Å². The molecule has 1 saturated heterocycles. The molecule has 2 N–H and O–H groups in total. The molecule has 1 aromatic heterocycles. The first kappa shape index (κ1) is 23.6. The van der Waals surface area contributed by atoms with Crippen molar-refractivity contribution in [1.29, 1.82) is 0 Å². The zero-order valence-corrected chi connectivity index (χ0v) is 19.7. The smallest absolute Gasteiger partial charge is 0.191 e. The quantitative estimate of drug-likeness (QED) is 0.239. The van der Waals surface area contributed by atoms with E-state index in [1.54, 1.807) is 11.3 Å². The Morgan fingerprint density at radius 1 is 1.31 bits per heavy atom. The number of guanidine groups is 1. The molecule has 7 heteroatoms. The second-order valence-corrected chi connectivity index (χ2v) is 7.99. The highest BCUT2D eigenvalue weighted by Crippen LogP contribution is 2.15. The molecular formula is C19H36IN5S. The van der Waals surface area contributed by atoms with Crippen molar-refractivity contribution in [3.8, 4) is 0 Å². The molecule has 0 bridgehead atoms. The first-order valence-electron chi connectivity index (χ1n) is 9.83. The Morgan fingerprint density at radius 3 is 2.73 bits per heavy atom. The number of aromatic nitrogens is 1. The third kappa shape index (κ3) is 9.50. The van der Waals surface area contributed by atoms with Crippen LogP contribution in [0.5, 0.6) is 0 Å². The maximum Gasteiger partial charge on any atom is 0.191 e. The Balaban J connectivity index is 0.00000338. The van der Waals surface area contributed by atoms with Gasteiger partial charge < -0.3 is 15.5 Å².